The minimum absolute atomic E-state index is 0. The van der Waals surface area contributed by atoms with E-state index in [2.05, 4.69) is 0 Å². The fraction of sp³-hybridized carbons (Fsp3) is 0. The number of fused-ring (bicyclic) bond motifs is 1. The lowest BCUT2D eigenvalue weighted by Crippen LogP contribution is -2.16. The van der Waals surface area contributed by atoms with Gasteiger partial charge in [-0.25, -0.2) is 0 Å². The number of benzene rings is 2. The Bertz CT molecular complexity index is 673. The van der Waals surface area contributed by atoms with Crippen LogP contribution < -0.4 is 10.2 Å². The summed E-state index contributed by atoms with van der Waals surface area (Å²) in [6.07, 6.45) is 0. The number of rotatable bonds is 1. The van der Waals surface area contributed by atoms with Gasteiger partial charge in [-0.1, -0.05) is 16.6 Å². The second-order valence-electron chi connectivity index (χ2n) is 3.64. The van der Waals surface area contributed by atoms with Gasteiger partial charge < -0.3 is 5.73 Å². The highest BCUT2D eigenvalue weighted by Gasteiger charge is 2.14. The fourth-order valence-corrected chi connectivity index (χ4v) is 3.86. The van der Waals surface area contributed by atoms with Crippen molar-refractivity contribution >= 4 is 70.3 Å². The average molecular weight is 278 g/mol. The molecule has 0 saturated carbocycles. The molecule has 0 aromatic heterocycles. The summed E-state index contributed by atoms with van der Waals surface area (Å²) < 4.78 is 32.0. The summed E-state index contributed by atoms with van der Waals surface area (Å²) >= 11 is 0.523. The molecule has 86 valence electrons. The average Bonchev–Trinajstić information content (AvgIpc) is 2.17. The number of anilines is 1. The van der Waals surface area contributed by atoms with Gasteiger partial charge >= 0.3 is 23.1 Å². The lowest BCUT2D eigenvalue weighted by atomic mass is 10.1. The molecule has 0 radical (unpaired) electrons. The molecule has 0 heterocycles. The fourth-order valence-electron chi connectivity index (χ4n) is 1.75. The van der Waals surface area contributed by atoms with Crippen molar-refractivity contribution in [1.82, 2.24) is 0 Å². The van der Waals surface area contributed by atoms with Gasteiger partial charge in [-0.05, 0) is 29.0 Å². The van der Waals surface area contributed by atoms with E-state index in [4.69, 9.17) is 10.3 Å². The molecule has 0 fully saturated rings. The first kappa shape index (κ1) is 14.8. The molecule has 0 unspecified atom stereocenters. The zero-order valence-electron chi connectivity index (χ0n) is 8.64. The van der Waals surface area contributed by atoms with E-state index < -0.39 is 10.1 Å². The molecule has 0 amide bonds. The van der Waals surface area contributed by atoms with Gasteiger partial charge in [-0.3, -0.25) is 4.55 Å². The lowest BCUT2D eigenvalue weighted by Gasteiger charge is -2.08. The maximum Gasteiger partial charge on any atom is 0.316 e. The molecule has 0 aliphatic heterocycles. The summed E-state index contributed by atoms with van der Waals surface area (Å²) in [5.41, 5.74) is 6.24. The second-order valence-corrected chi connectivity index (χ2v) is 6.03. The van der Waals surface area contributed by atoms with E-state index in [1.807, 2.05) is 6.07 Å². The van der Waals surface area contributed by atoms with Crippen molar-refractivity contribution in [1.29, 1.82) is 0 Å². The van der Waals surface area contributed by atoms with Crippen molar-refractivity contribution in [3.05, 3.63) is 30.3 Å². The Labute approximate surface area is 124 Å². The van der Waals surface area contributed by atoms with Crippen LogP contribution >= 0.6 is 0 Å². The highest BCUT2D eigenvalue weighted by atomic mass is 32.2. The van der Waals surface area contributed by atoms with Crippen LogP contribution in [-0.2, 0) is 10.1 Å². The Morgan fingerprint density at radius 2 is 1.76 bits per heavy atom. The predicted molar refractivity (Wildman–Crippen MR) is 74.9 cm³/mol. The molecule has 17 heavy (non-hydrogen) atoms. The highest BCUT2D eigenvalue weighted by Crippen LogP contribution is 2.18. The Kier molecular flexibility index (Phi) is 4.47. The molecular formula is C10H12AlMgNO3S. The zero-order valence-corrected chi connectivity index (χ0v) is 11.5. The van der Waals surface area contributed by atoms with Crippen LogP contribution in [-0.4, -0.2) is 52.3 Å². The van der Waals surface area contributed by atoms with Crippen LogP contribution in [0.25, 0.3) is 10.8 Å². The van der Waals surface area contributed by atoms with E-state index in [9.17, 15) is 8.42 Å². The zero-order chi connectivity index (χ0) is 11.9. The van der Waals surface area contributed by atoms with Gasteiger partial charge in [0, 0.05) is 5.69 Å². The Hall–Kier alpha value is -0.291. The molecule has 0 atom stereocenters. The second kappa shape index (κ2) is 5.14. The topological polar surface area (TPSA) is 80.4 Å². The third kappa shape index (κ3) is 2.94. The van der Waals surface area contributed by atoms with Gasteiger partial charge in [0.05, 0.1) is 4.90 Å². The molecule has 2 aromatic carbocycles. The summed E-state index contributed by atoms with van der Waals surface area (Å²) in [6, 6.07) is 8.41. The molecule has 0 spiro atoms. The molecule has 3 N–H and O–H groups in total. The van der Waals surface area contributed by atoms with Crippen LogP contribution in [0.15, 0.2) is 35.2 Å². The van der Waals surface area contributed by atoms with Gasteiger partial charge in [0.25, 0.3) is 26.4 Å². The normalized spacial score (nSPS) is 11.1. The summed E-state index contributed by atoms with van der Waals surface area (Å²) in [7, 11) is -4.14. The van der Waals surface area contributed by atoms with E-state index in [0.717, 1.165) is 10.8 Å². The van der Waals surface area contributed by atoms with Crippen LogP contribution in [0, 0.1) is 0 Å². The minimum atomic E-state index is -4.14. The molecule has 7 heteroatoms. The van der Waals surface area contributed by atoms with Crippen molar-refractivity contribution in [3.63, 3.8) is 0 Å². The SMILES string of the molecule is Nc1ccc2ccc(S(=O)(=O)O)[c]([AlH2])c2c1.[MgH2]. The van der Waals surface area contributed by atoms with Crippen molar-refractivity contribution in [2.24, 2.45) is 0 Å². The van der Waals surface area contributed by atoms with E-state index >= 15 is 0 Å². The van der Waals surface area contributed by atoms with E-state index in [-0.39, 0.29) is 27.9 Å². The van der Waals surface area contributed by atoms with Crippen molar-refractivity contribution < 1.29 is 13.0 Å². The first-order valence-corrected chi connectivity index (χ1v) is 7.10. The highest BCUT2D eigenvalue weighted by molar-refractivity contribution is 7.86. The summed E-state index contributed by atoms with van der Waals surface area (Å²) in [5, 5.41) is 1.72. The van der Waals surface area contributed by atoms with Gasteiger partial charge in [-0.15, -0.1) is 0 Å². The maximum absolute atomic E-state index is 11.1. The minimum Gasteiger partial charge on any atom is -0.399 e. The van der Waals surface area contributed by atoms with Crippen molar-refractivity contribution in [3.8, 4) is 0 Å². The van der Waals surface area contributed by atoms with Crippen LogP contribution in [0.4, 0.5) is 5.69 Å². The van der Waals surface area contributed by atoms with Crippen molar-refractivity contribution in [2.75, 3.05) is 5.73 Å². The van der Waals surface area contributed by atoms with Crippen LogP contribution in [0.2, 0.25) is 0 Å². The molecule has 0 saturated heterocycles. The molecule has 0 aliphatic rings. The summed E-state index contributed by atoms with van der Waals surface area (Å²) in [6.45, 7) is 0. The quantitative estimate of drug-likeness (QED) is 0.398. The number of hydrogen-bond acceptors (Lipinski definition) is 3. The third-order valence-electron chi connectivity index (χ3n) is 2.54. The molecule has 2 rings (SSSR count). The smallest absolute Gasteiger partial charge is 0.316 e. The Morgan fingerprint density at radius 3 is 2.35 bits per heavy atom. The van der Waals surface area contributed by atoms with Gasteiger partial charge in [0.1, 0.15) is 0 Å². The van der Waals surface area contributed by atoms with E-state index in [0.29, 0.717) is 26.4 Å². The van der Waals surface area contributed by atoms with Gasteiger partial charge in [0.15, 0.2) is 0 Å². The molecule has 0 aliphatic carbocycles. The molecular weight excluding hydrogens is 265 g/mol. The Balaban J connectivity index is 0.00000144. The van der Waals surface area contributed by atoms with Crippen molar-refractivity contribution in [2.45, 2.75) is 4.90 Å². The monoisotopic (exact) mass is 277 g/mol. The standard InChI is InChI=1S/C10H8NO3S.Al.Mg.4H/c11-9-3-1-7-2-4-10(15(12,13)14)6-8(7)5-9;;;;;;/h1-5H,11H2,(H,12,13,14);;;;;;. The van der Waals surface area contributed by atoms with Crippen LogP contribution in [0.3, 0.4) is 0 Å². The first-order chi connectivity index (χ1) is 7.39. The van der Waals surface area contributed by atoms with Gasteiger partial charge in [-0.2, -0.15) is 8.42 Å². The molecule has 4 nitrogen and oxygen atoms in total. The van der Waals surface area contributed by atoms with Crippen LogP contribution in [0.5, 0.6) is 0 Å². The summed E-state index contributed by atoms with van der Waals surface area (Å²) in [5.74, 6) is 0. The number of nitrogen functional groups attached to an aromatic ring is 1. The first-order valence-electron chi connectivity index (χ1n) is 4.66. The molecule has 2 aromatic rings. The maximum atomic E-state index is 11.1. The summed E-state index contributed by atoms with van der Waals surface area (Å²) in [4.78, 5) is -0.0164. The Morgan fingerprint density at radius 1 is 1.18 bits per heavy atom. The lowest BCUT2D eigenvalue weighted by molar-refractivity contribution is 0.484. The predicted octanol–water partition coefficient (Wildman–Crippen LogP) is -0.989. The molecule has 0 bridgehead atoms. The third-order valence-corrected chi connectivity index (χ3v) is 4.98. The van der Waals surface area contributed by atoms with Crippen LogP contribution in [0.1, 0.15) is 0 Å². The largest absolute Gasteiger partial charge is 0.399 e. The van der Waals surface area contributed by atoms with E-state index in [1.54, 1.807) is 18.2 Å². The van der Waals surface area contributed by atoms with Gasteiger partial charge in [0.2, 0.25) is 0 Å². The number of hydrogen-bond donors (Lipinski definition) is 2. The van der Waals surface area contributed by atoms with E-state index in [1.165, 1.54) is 6.07 Å². The number of nitrogens with two attached hydrogens (primary N) is 1.